The summed E-state index contributed by atoms with van der Waals surface area (Å²) in [5, 5.41) is 14.4. The molecule has 16 heavy (non-hydrogen) atoms. The molecule has 0 spiro atoms. The highest BCUT2D eigenvalue weighted by Gasteiger charge is 2.12. The SMILES string of the molecule is COc1cc2c(CCCCl)noc2cc1O. The Balaban J connectivity index is 2.45. The summed E-state index contributed by atoms with van der Waals surface area (Å²) in [4.78, 5) is 0. The first kappa shape index (κ1) is 11.1. The van der Waals surface area contributed by atoms with Gasteiger partial charge in [-0.3, -0.25) is 0 Å². The Morgan fingerprint density at radius 1 is 1.50 bits per heavy atom. The number of aromatic nitrogens is 1. The van der Waals surface area contributed by atoms with Crippen LogP contribution in [0.4, 0.5) is 0 Å². The van der Waals surface area contributed by atoms with Crippen molar-refractivity contribution in [1.29, 1.82) is 0 Å². The quantitative estimate of drug-likeness (QED) is 0.837. The van der Waals surface area contributed by atoms with Crippen LogP contribution in [0.2, 0.25) is 0 Å². The molecule has 1 N–H and O–H groups in total. The van der Waals surface area contributed by atoms with E-state index < -0.39 is 0 Å². The zero-order valence-corrected chi connectivity index (χ0v) is 9.62. The van der Waals surface area contributed by atoms with Gasteiger partial charge in [0.15, 0.2) is 17.1 Å². The van der Waals surface area contributed by atoms with Crippen LogP contribution in [0.1, 0.15) is 12.1 Å². The number of nitrogens with zero attached hydrogens (tertiary/aromatic N) is 1. The molecular weight excluding hydrogens is 230 g/mol. The topological polar surface area (TPSA) is 55.5 Å². The molecule has 5 heteroatoms. The summed E-state index contributed by atoms with van der Waals surface area (Å²) in [6.07, 6.45) is 1.59. The van der Waals surface area contributed by atoms with E-state index in [-0.39, 0.29) is 5.75 Å². The molecule has 1 heterocycles. The second-order valence-corrected chi connectivity index (χ2v) is 3.82. The number of aryl methyl sites for hydroxylation is 1. The normalized spacial score (nSPS) is 10.9. The van der Waals surface area contributed by atoms with Gasteiger partial charge in [0.1, 0.15) is 0 Å². The number of benzene rings is 1. The summed E-state index contributed by atoms with van der Waals surface area (Å²) >= 11 is 5.63. The molecule has 0 aliphatic carbocycles. The first-order valence-electron chi connectivity index (χ1n) is 4.97. The van der Waals surface area contributed by atoms with Crippen molar-refractivity contribution < 1.29 is 14.4 Å². The number of methoxy groups -OCH3 is 1. The van der Waals surface area contributed by atoms with E-state index in [4.69, 9.17) is 20.9 Å². The molecule has 0 radical (unpaired) electrons. The average molecular weight is 242 g/mol. The van der Waals surface area contributed by atoms with Crippen LogP contribution in [0.15, 0.2) is 16.7 Å². The van der Waals surface area contributed by atoms with Crippen LogP contribution in [0.25, 0.3) is 11.0 Å². The van der Waals surface area contributed by atoms with E-state index in [1.165, 1.54) is 13.2 Å². The molecule has 2 rings (SSSR count). The summed E-state index contributed by atoms with van der Waals surface area (Å²) in [5.74, 6) is 1.06. The lowest BCUT2D eigenvalue weighted by atomic mass is 10.1. The van der Waals surface area contributed by atoms with Gasteiger partial charge in [-0.05, 0) is 18.9 Å². The number of hydrogen-bond donors (Lipinski definition) is 1. The number of hydrogen-bond acceptors (Lipinski definition) is 4. The van der Waals surface area contributed by atoms with Gasteiger partial charge in [-0.2, -0.15) is 0 Å². The summed E-state index contributed by atoms with van der Waals surface area (Å²) in [6, 6.07) is 3.23. The van der Waals surface area contributed by atoms with Crippen molar-refractivity contribution in [3.63, 3.8) is 0 Å². The molecule has 0 aliphatic heterocycles. The van der Waals surface area contributed by atoms with E-state index in [9.17, 15) is 5.11 Å². The third-order valence-corrected chi connectivity index (χ3v) is 2.66. The van der Waals surface area contributed by atoms with Gasteiger partial charge >= 0.3 is 0 Å². The van der Waals surface area contributed by atoms with Gasteiger partial charge in [0.2, 0.25) is 0 Å². The zero-order chi connectivity index (χ0) is 11.5. The third kappa shape index (κ3) is 1.93. The molecule has 0 amide bonds. The van der Waals surface area contributed by atoms with Crippen molar-refractivity contribution in [2.75, 3.05) is 13.0 Å². The molecule has 0 fully saturated rings. The van der Waals surface area contributed by atoms with Crippen molar-refractivity contribution in [3.05, 3.63) is 17.8 Å². The van der Waals surface area contributed by atoms with Crippen LogP contribution < -0.4 is 4.74 Å². The number of rotatable bonds is 4. The minimum atomic E-state index is 0.0510. The predicted octanol–water partition coefficient (Wildman–Crippen LogP) is 2.71. The lowest BCUT2D eigenvalue weighted by molar-refractivity contribution is 0.373. The van der Waals surface area contributed by atoms with Gasteiger partial charge in [0.05, 0.1) is 12.8 Å². The second-order valence-electron chi connectivity index (χ2n) is 3.44. The Morgan fingerprint density at radius 3 is 3.00 bits per heavy atom. The molecule has 86 valence electrons. The Hall–Kier alpha value is -1.42. The zero-order valence-electron chi connectivity index (χ0n) is 8.86. The molecular formula is C11H12ClNO3. The lowest BCUT2D eigenvalue weighted by Crippen LogP contribution is -1.88. The number of fused-ring (bicyclic) bond motifs is 1. The van der Waals surface area contributed by atoms with E-state index in [0.717, 1.165) is 23.9 Å². The summed E-state index contributed by atoms with van der Waals surface area (Å²) < 4.78 is 10.2. The van der Waals surface area contributed by atoms with Crippen LogP contribution in [-0.2, 0) is 6.42 Å². The fraction of sp³-hybridized carbons (Fsp3) is 0.364. The number of aromatic hydroxyl groups is 1. The maximum absolute atomic E-state index is 9.56. The molecule has 0 saturated carbocycles. The van der Waals surface area contributed by atoms with Crippen molar-refractivity contribution in [2.45, 2.75) is 12.8 Å². The third-order valence-electron chi connectivity index (χ3n) is 2.39. The van der Waals surface area contributed by atoms with Gasteiger partial charge in [-0.1, -0.05) is 5.16 Å². The maximum atomic E-state index is 9.56. The van der Waals surface area contributed by atoms with Crippen LogP contribution in [0, 0.1) is 0 Å². The molecule has 0 saturated heterocycles. The fourth-order valence-electron chi connectivity index (χ4n) is 1.58. The molecule has 0 atom stereocenters. The van der Waals surface area contributed by atoms with Gasteiger partial charge in [0.25, 0.3) is 0 Å². The van der Waals surface area contributed by atoms with Crippen LogP contribution in [0.5, 0.6) is 11.5 Å². The molecule has 1 aromatic heterocycles. The predicted molar refractivity (Wildman–Crippen MR) is 61.3 cm³/mol. The van der Waals surface area contributed by atoms with E-state index in [1.54, 1.807) is 6.07 Å². The average Bonchev–Trinajstić information content (AvgIpc) is 2.67. The molecule has 0 bridgehead atoms. The smallest absolute Gasteiger partial charge is 0.171 e. The Bertz CT molecular complexity index is 495. The highest BCUT2D eigenvalue weighted by Crippen LogP contribution is 2.32. The molecule has 4 nitrogen and oxygen atoms in total. The minimum absolute atomic E-state index is 0.0510. The van der Waals surface area contributed by atoms with Crippen LogP contribution in [-0.4, -0.2) is 23.3 Å². The Labute approximate surface area is 97.7 Å². The molecule has 1 aromatic carbocycles. The van der Waals surface area contributed by atoms with Gasteiger partial charge in [-0.25, -0.2) is 0 Å². The van der Waals surface area contributed by atoms with Gasteiger partial charge < -0.3 is 14.4 Å². The number of halogens is 1. The summed E-state index contributed by atoms with van der Waals surface area (Å²) in [5.41, 5.74) is 1.40. The van der Waals surface area contributed by atoms with E-state index in [0.29, 0.717) is 17.2 Å². The standard InChI is InChI=1S/C11H12ClNO3/c1-15-11-5-7-8(3-2-4-12)13-16-10(7)6-9(11)14/h5-6,14H,2-4H2,1H3. The summed E-state index contributed by atoms with van der Waals surface area (Å²) in [7, 11) is 1.51. The van der Waals surface area contributed by atoms with Crippen molar-refractivity contribution in [2.24, 2.45) is 0 Å². The Kier molecular flexibility index (Phi) is 3.19. The van der Waals surface area contributed by atoms with Crippen molar-refractivity contribution >= 4 is 22.6 Å². The summed E-state index contributed by atoms with van der Waals surface area (Å²) in [6.45, 7) is 0. The van der Waals surface area contributed by atoms with E-state index in [1.807, 2.05) is 0 Å². The van der Waals surface area contributed by atoms with Gasteiger partial charge in [-0.15, -0.1) is 11.6 Å². The fourth-order valence-corrected chi connectivity index (χ4v) is 1.72. The maximum Gasteiger partial charge on any atom is 0.171 e. The first-order chi connectivity index (χ1) is 7.76. The van der Waals surface area contributed by atoms with Crippen molar-refractivity contribution in [1.82, 2.24) is 5.16 Å². The van der Waals surface area contributed by atoms with E-state index in [2.05, 4.69) is 5.16 Å². The van der Waals surface area contributed by atoms with Gasteiger partial charge in [0, 0.05) is 17.3 Å². The van der Waals surface area contributed by atoms with Crippen molar-refractivity contribution in [3.8, 4) is 11.5 Å². The highest BCUT2D eigenvalue weighted by atomic mass is 35.5. The number of phenolic OH excluding ortho intramolecular Hbond substituents is 1. The first-order valence-corrected chi connectivity index (χ1v) is 5.51. The largest absolute Gasteiger partial charge is 0.504 e. The number of phenols is 1. The monoisotopic (exact) mass is 241 g/mol. The highest BCUT2D eigenvalue weighted by molar-refractivity contribution is 6.17. The number of alkyl halides is 1. The molecule has 0 aliphatic rings. The lowest BCUT2D eigenvalue weighted by Gasteiger charge is -2.02. The molecule has 2 aromatic rings. The van der Waals surface area contributed by atoms with Crippen LogP contribution >= 0.6 is 11.6 Å². The molecule has 0 unspecified atom stereocenters. The van der Waals surface area contributed by atoms with Crippen LogP contribution in [0.3, 0.4) is 0 Å². The second kappa shape index (κ2) is 4.61. The Morgan fingerprint density at radius 2 is 2.31 bits per heavy atom. The number of ether oxygens (including phenoxy) is 1. The minimum Gasteiger partial charge on any atom is -0.504 e. The van der Waals surface area contributed by atoms with E-state index >= 15 is 0 Å².